The fraction of sp³-hybridized carbons (Fsp3) is 0.615. The SMILES string of the molecule is CCCCOC[n+]1ccc(CC)c(C)c1. The average Bonchev–Trinajstić information content (AvgIpc) is 2.25. The molecule has 1 rings (SSSR count). The van der Waals surface area contributed by atoms with Crippen LogP contribution in [0.25, 0.3) is 0 Å². The summed E-state index contributed by atoms with van der Waals surface area (Å²) in [5, 5.41) is 0. The minimum atomic E-state index is 0.671. The molecule has 0 amide bonds. The zero-order valence-corrected chi connectivity index (χ0v) is 10.1. The zero-order chi connectivity index (χ0) is 11.1. The highest BCUT2D eigenvalue weighted by Crippen LogP contribution is 2.04. The van der Waals surface area contributed by atoms with Crippen LogP contribution in [0.3, 0.4) is 0 Å². The number of ether oxygens (including phenoxy) is 1. The Kier molecular flexibility index (Phi) is 5.33. The lowest BCUT2D eigenvalue weighted by Crippen LogP contribution is -2.35. The highest BCUT2D eigenvalue weighted by atomic mass is 16.5. The highest BCUT2D eigenvalue weighted by Gasteiger charge is 2.03. The molecule has 1 aromatic rings. The third-order valence-corrected chi connectivity index (χ3v) is 2.60. The van der Waals surface area contributed by atoms with Crippen molar-refractivity contribution in [3.63, 3.8) is 0 Å². The molecule has 2 nitrogen and oxygen atoms in total. The summed E-state index contributed by atoms with van der Waals surface area (Å²) < 4.78 is 7.65. The van der Waals surface area contributed by atoms with Crippen LogP contribution in [0.4, 0.5) is 0 Å². The maximum atomic E-state index is 5.55. The van der Waals surface area contributed by atoms with Crippen LogP contribution in [-0.4, -0.2) is 6.61 Å². The normalized spacial score (nSPS) is 10.6. The fourth-order valence-electron chi connectivity index (χ4n) is 1.59. The lowest BCUT2D eigenvalue weighted by molar-refractivity contribution is -0.733. The maximum Gasteiger partial charge on any atom is 0.252 e. The van der Waals surface area contributed by atoms with Gasteiger partial charge in [0, 0.05) is 11.6 Å². The van der Waals surface area contributed by atoms with Crippen molar-refractivity contribution in [2.45, 2.75) is 46.8 Å². The smallest absolute Gasteiger partial charge is 0.252 e. The summed E-state index contributed by atoms with van der Waals surface area (Å²) in [6.45, 7) is 8.05. The van der Waals surface area contributed by atoms with E-state index < -0.39 is 0 Å². The molecule has 0 bridgehead atoms. The second kappa shape index (κ2) is 6.57. The van der Waals surface area contributed by atoms with Crippen molar-refractivity contribution in [3.05, 3.63) is 29.6 Å². The molecule has 0 radical (unpaired) electrons. The summed E-state index contributed by atoms with van der Waals surface area (Å²) in [5.41, 5.74) is 2.76. The van der Waals surface area contributed by atoms with Gasteiger partial charge in [-0.2, -0.15) is 4.57 Å². The van der Waals surface area contributed by atoms with Gasteiger partial charge in [0.2, 0.25) is 0 Å². The monoisotopic (exact) mass is 208 g/mol. The van der Waals surface area contributed by atoms with Crippen molar-refractivity contribution < 1.29 is 9.30 Å². The topological polar surface area (TPSA) is 13.1 Å². The van der Waals surface area contributed by atoms with Crippen LogP contribution < -0.4 is 4.57 Å². The molecule has 0 aliphatic carbocycles. The van der Waals surface area contributed by atoms with Gasteiger partial charge in [-0.1, -0.05) is 20.3 Å². The van der Waals surface area contributed by atoms with Crippen molar-refractivity contribution in [1.29, 1.82) is 0 Å². The Bertz CT molecular complexity index is 297. The molecule has 0 N–H and O–H groups in total. The van der Waals surface area contributed by atoms with E-state index in [1.807, 2.05) is 0 Å². The van der Waals surface area contributed by atoms with Crippen LogP contribution in [0, 0.1) is 6.92 Å². The third kappa shape index (κ3) is 4.00. The van der Waals surface area contributed by atoms with Crippen LogP contribution in [-0.2, 0) is 17.9 Å². The molecule has 1 heterocycles. The lowest BCUT2D eigenvalue weighted by atomic mass is 10.1. The molecule has 0 atom stereocenters. The first kappa shape index (κ1) is 12.2. The van der Waals surface area contributed by atoms with Crippen molar-refractivity contribution in [1.82, 2.24) is 0 Å². The molecule has 2 heteroatoms. The van der Waals surface area contributed by atoms with E-state index in [4.69, 9.17) is 4.74 Å². The van der Waals surface area contributed by atoms with Crippen LogP contribution in [0.2, 0.25) is 0 Å². The summed E-state index contributed by atoms with van der Waals surface area (Å²) in [6, 6.07) is 2.18. The molecule has 0 aliphatic rings. The summed E-state index contributed by atoms with van der Waals surface area (Å²) in [7, 11) is 0. The molecule has 0 aliphatic heterocycles. The highest BCUT2D eigenvalue weighted by molar-refractivity contribution is 5.18. The number of rotatable bonds is 6. The first-order chi connectivity index (χ1) is 7.27. The van der Waals surface area contributed by atoms with Gasteiger partial charge in [-0.05, 0) is 25.3 Å². The van der Waals surface area contributed by atoms with Gasteiger partial charge < -0.3 is 4.74 Å². The van der Waals surface area contributed by atoms with Crippen molar-refractivity contribution in [2.24, 2.45) is 0 Å². The number of nitrogens with zero attached hydrogens (tertiary/aromatic N) is 1. The molecule has 84 valence electrons. The van der Waals surface area contributed by atoms with Gasteiger partial charge in [-0.3, -0.25) is 0 Å². The number of hydrogen-bond donors (Lipinski definition) is 0. The molecule has 0 saturated carbocycles. The number of pyridine rings is 1. The van der Waals surface area contributed by atoms with Gasteiger partial charge in [0.1, 0.15) is 0 Å². The zero-order valence-electron chi connectivity index (χ0n) is 10.1. The summed E-state index contributed by atoms with van der Waals surface area (Å²) in [5.74, 6) is 0. The van der Waals surface area contributed by atoms with Gasteiger partial charge >= 0.3 is 0 Å². The Labute approximate surface area is 92.9 Å². The molecule has 0 aromatic carbocycles. The van der Waals surface area contributed by atoms with E-state index in [1.165, 1.54) is 17.5 Å². The van der Waals surface area contributed by atoms with E-state index in [1.54, 1.807) is 0 Å². The number of hydrogen-bond acceptors (Lipinski definition) is 1. The van der Waals surface area contributed by atoms with E-state index in [0.29, 0.717) is 6.73 Å². The summed E-state index contributed by atoms with van der Waals surface area (Å²) in [4.78, 5) is 0. The van der Waals surface area contributed by atoms with Crippen LogP contribution in [0.5, 0.6) is 0 Å². The van der Waals surface area contributed by atoms with Crippen LogP contribution in [0.15, 0.2) is 18.5 Å². The molecule has 0 spiro atoms. The van der Waals surface area contributed by atoms with Gasteiger partial charge in [-0.15, -0.1) is 0 Å². The first-order valence-electron chi connectivity index (χ1n) is 5.84. The van der Waals surface area contributed by atoms with Gasteiger partial charge in [0.25, 0.3) is 6.73 Å². The molecular weight excluding hydrogens is 186 g/mol. The van der Waals surface area contributed by atoms with E-state index >= 15 is 0 Å². The molecule has 0 fully saturated rings. The molecule has 0 saturated heterocycles. The van der Waals surface area contributed by atoms with Crippen LogP contribution >= 0.6 is 0 Å². The lowest BCUT2D eigenvalue weighted by Gasteiger charge is -2.03. The minimum absolute atomic E-state index is 0.671. The molecule has 0 unspecified atom stereocenters. The van der Waals surface area contributed by atoms with Gasteiger partial charge in [0.15, 0.2) is 12.4 Å². The Morgan fingerprint density at radius 2 is 2.13 bits per heavy atom. The fourth-order valence-corrected chi connectivity index (χ4v) is 1.59. The Morgan fingerprint density at radius 1 is 1.33 bits per heavy atom. The maximum absolute atomic E-state index is 5.55. The Morgan fingerprint density at radius 3 is 2.73 bits per heavy atom. The second-order valence-electron chi connectivity index (χ2n) is 3.91. The van der Waals surface area contributed by atoms with Gasteiger partial charge in [-0.25, -0.2) is 0 Å². The average molecular weight is 208 g/mol. The standard InChI is InChI=1S/C13H22NO/c1-4-6-9-15-11-14-8-7-13(5-2)12(3)10-14/h7-8,10H,4-6,9,11H2,1-3H3/q+1. The molecule has 15 heavy (non-hydrogen) atoms. The van der Waals surface area contributed by atoms with E-state index in [2.05, 4.69) is 43.8 Å². The van der Waals surface area contributed by atoms with E-state index in [9.17, 15) is 0 Å². The van der Waals surface area contributed by atoms with Crippen molar-refractivity contribution in [2.75, 3.05) is 6.61 Å². The van der Waals surface area contributed by atoms with E-state index in [0.717, 1.165) is 19.4 Å². The number of aromatic nitrogens is 1. The summed E-state index contributed by atoms with van der Waals surface area (Å²) >= 11 is 0. The number of unbranched alkanes of at least 4 members (excludes halogenated alkanes) is 1. The third-order valence-electron chi connectivity index (χ3n) is 2.60. The van der Waals surface area contributed by atoms with Crippen molar-refractivity contribution in [3.8, 4) is 0 Å². The second-order valence-corrected chi connectivity index (χ2v) is 3.91. The van der Waals surface area contributed by atoms with Crippen LogP contribution in [0.1, 0.15) is 37.8 Å². The molecular formula is C13H22NO+. The van der Waals surface area contributed by atoms with Gasteiger partial charge in [0.05, 0.1) is 6.61 Å². The first-order valence-corrected chi connectivity index (χ1v) is 5.84. The Balaban J connectivity index is 2.45. The molecule has 1 aromatic heterocycles. The Hall–Kier alpha value is -0.890. The quantitative estimate of drug-likeness (QED) is 0.517. The summed E-state index contributed by atoms with van der Waals surface area (Å²) in [6.07, 6.45) is 7.69. The predicted molar refractivity (Wildman–Crippen MR) is 61.6 cm³/mol. The largest absolute Gasteiger partial charge is 0.323 e. The van der Waals surface area contributed by atoms with Crippen molar-refractivity contribution >= 4 is 0 Å². The minimum Gasteiger partial charge on any atom is -0.323 e. The number of aryl methyl sites for hydroxylation is 2. The predicted octanol–water partition coefficient (Wildman–Crippen LogP) is 2.62. The van der Waals surface area contributed by atoms with E-state index in [-0.39, 0.29) is 0 Å².